The molecule has 0 atom stereocenters. The number of ether oxygens (including phenoxy) is 2. The Hall–Kier alpha value is -2.57. The Balaban J connectivity index is 1.36. The van der Waals surface area contributed by atoms with Crippen molar-refractivity contribution in [1.29, 1.82) is 0 Å². The largest absolute Gasteiger partial charge is 0.486 e. The highest BCUT2D eigenvalue weighted by molar-refractivity contribution is 7.09. The number of hydrogen-bond acceptors (Lipinski definition) is 5. The molecule has 2 heterocycles. The van der Waals surface area contributed by atoms with Crippen molar-refractivity contribution < 1.29 is 14.3 Å². The van der Waals surface area contributed by atoms with Crippen molar-refractivity contribution >= 4 is 34.5 Å². The van der Waals surface area contributed by atoms with Gasteiger partial charge in [-0.25, -0.2) is 4.98 Å². The minimum atomic E-state index is -0.119. The molecule has 4 rings (SSSR count). The number of nitrogens with one attached hydrogen (secondary N) is 1. The quantitative estimate of drug-likeness (QED) is 0.692. The van der Waals surface area contributed by atoms with Gasteiger partial charge in [-0.15, -0.1) is 11.3 Å². The van der Waals surface area contributed by atoms with Crippen LogP contribution in [0.3, 0.4) is 0 Å². The average molecular weight is 401 g/mol. The number of rotatable bonds is 5. The molecule has 1 aromatic heterocycles. The maximum absolute atomic E-state index is 12.3. The van der Waals surface area contributed by atoms with Crippen LogP contribution in [0.25, 0.3) is 0 Å². The summed E-state index contributed by atoms with van der Waals surface area (Å²) in [6.07, 6.45) is 0.926. The smallest absolute Gasteiger partial charge is 0.230 e. The third-order valence-corrected chi connectivity index (χ3v) is 5.14. The number of hydrogen-bond donors (Lipinski definition) is 1. The molecule has 1 amide bonds. The van der Waals surface area contributed by atoms with Gasteiger partial charge in [-0.3, -0.25) is 4.79 Å². The Morgan fingerprint density at radius 1 is 1.15 bits per heavy atom. The number of thiazole rings is 1. The second-order valence-corrected chi connectivity index (χ2v) is 7.50. The lowest BCUT2D eigenvalue weighted by molar-refractivity contribution is -0.115. The Bertz CT molecular complexity index is 973. The SMILES string of the molecule is O=C(Cc1csc(Cc2cccc(Cl)c2)n1)Nc1ccc2c(c1)OCCO2. The number of benzene rings is 2. The lowest BCUT2D eigenvalue weighted by Crippen LogP contribution is -2.17. The molecule has 0 fully saturated rings. The average Bonchev–Trinajstić information content (AvgIpc) is 3.08. The fourth-order valence-electron chi connectivity index (χ4n) is 2.82. The second kappa shape index (κ2) is 7.98. The third kappa shape index (κ3) is 4.59. The van der Waals surface area contributed by atoms with Crippen LogP contribution in [-0.2, 0) is 17.6 Å². The monoisotopic (exact) mass is 400 g/mol. The molecule has 0 spiro atoms. The van der Waals surface area contributed by atoms with Crippen molar-refractivity contribution in [3.05, 3.63) is 69.1 Å². The molecule has 138 valence electrons. The van der Waals surface area contributed by atoms with Gasteiger partial charge in [0.25, 0.3) is 0 Å². The van der Waals surface area contributed by atoms with Crippen LogP contribution < -0.4 is 14.8 Å². The van der Waals surface area contributed by atoms with Crippen molar-refractivity contribution in [2.45, 2.75) is 12.8 Å². The molecule has 1 aliphatic rings. The molecule has 0 aliphatic carbocycles. The first-order valence-electron chi connectivity index (χ1n) is 8.53. The summed E-state index contributed by atoms with van der Waals surface area (Å²) in [4.78, 5) is 16.9. The maximum Gasteiger partial charge on any atom is 0.230 e. The minimum Gasteiger partial charge on any atom is -0.486 e. The minimum absolute atomic E-state index is 0.119. The Morgan fingerprint density at radius 3 is 2.85 bits per heavy atom. The van der Waals surface area contributed by atoms with E-state index in [0.29, 0.717) is 41.8 Å². The molecule has 0 saturated heterocycles. The summed E-state index contributed by atoms with van der Waals surface area (Å²) >= 11 is 7.57. The van der Waals surface area contributed by atoms with Crippen LogP contribution in [-0.4, -0.2) is 24.1 Å². The van der Waals surface area contributed by atoms with Gasteiger partial charge in [-0.05, 0) is 29.8 Å². The lowest BCUT2D eigenvalue weighted by atomic mass is 10.2. The molecule has 5 nitrogen and oxygen atoms in total. The van der Waals surface area contributed by atoms with E-state index < -0.39 is 0 Å². The van der Waals surface area contributed by atoms with Gasteiger partial charge in [-0.2, -0.15) is 0 Å². The van der Waals surface area contributed by atoms with Crippen molar-refractivity contribution in [2.75, 3.05) is 18.5 Å². The van der Waals surface area contributed by atoms with Crippen LogP contribution in [0.1, 0.15) is 16.3 Å². The van der Waals surface area contributed by atoms with E-state index in [1.54, 1.807) is 29.5 Å². The number of amides is 1. The molecular formula is C20H17ClN2O3S. The summed E-state index contributed by atoms with van der Waals surface area (Å²) in [6.45, 7) is 1.05. The summed E-state index contributed by atoms with van der Waals surface area (Å²) in [6, 6.07) is 13.1. The van der Waals surface area contributed by atoms with Crippen molar-refractivity contribution in [2.24, 2.45) is 0 Å². The summed E-state index contributed by atoms with van der Waals surface area (Å²) in [5, 5.41) is 6.47. The van der Waals surface area contributed by atoms with Crippen molar-refractivity contribution in [3.8, 4) is 11.5 Å². The zero-order valence-corrected chi connectivity index (χ0v) is 16.0. The first-order chi connectivity index (χ1) is 13.2. The number of anilines is 1. The predicted molar refractivity (Wildman–Crippen MR) is 106 cm³/mol. The maximum atomic E-state index is 12.3. The highest BCUT2D eigenvalue weighted by Gasteiger charge is 2.14. The fourth-order valence-corrected chi connectivity index (χ4v) is 3.86. The highest BCUT2D eigenvalue weighted by Crippen LogP contribution is 2.32. The molecule has 7 heteroatoms. The normalized spacial score (nSPS) is 12.6. The fraction of sp³-hybridized carbons (Fsp3) is 0.200. The van der Waals surface area contributed by atoms with E-state index in [1.165, 1.54) is 0 Å². The van der Waals surface area contributed by atoms with Gasteiger partial charge in [0.05, 0.1) is 17.1 Å². The van der Waals surface area contributed by atoms with E-state index in [1.807, 2.05) is 29.6 Å². The number of nitrogens with zero attached hydrogens (tertiary/aromatic N) is 1. The molecule has 27 heavy (non-hydrogen) atoms. The zero-order valence-electron chi connectivity index (χ0n) is 14.4. The zero-order chi connectivity index (χ0) is 18.6. The summed E-state index contributed by atoms with van der Waals surface area (Å²) in [5.41, 5.74) is 2.54. The van der Waals surface area contributed by atoms with E-state index in [4.69, 9.17) is 21.1 Å². The standard InChI is InChI=1S/C20H17ClN2O3S/c21-14-3-1-2-13(8-14)9-20-23-16(12-27-20)11-19(24)22-15-4-5-17-18(10-15)26-7-6-25-17/h1-5,8,10,12H,6-7,9,11H2,(H,22,24). The summed E-state index contributed by atoms with van der Waals surface area (Å²) < 4.78 is 11.0. The first-order valence-corrected chi connectivity index (χ1v) is 9.79. The van der Waals surface area contributed by atoms with Gasteiger partial charge >= 0.3 is 0 Å². The first kappa shape index (κ1) is 17.8. The molecule has 1 N–H and O–H groups in total. The molecule has 0 bridgehead atoms. The highest BCUT2D eigenvalue weighted by atomic mass is 35.5. The topological polar surface area (TPSA) is 60.5 Å². The lowest BCUT2D eigenvalue weighted by Gasteiger charge is -2.18. The van der Waals surface area contributed by atoms with E-state index in [0.717, 1.165) is 16.3 Å². The van der Waals surface area contributed by atoms with Crippen LogP contribution in [0.4, 0.5) is 5.69 Å². The predicted octanol–water partition coefficient (Wildman–Crippen LogP) is 4.34. The Kier molecular flexibility index (Phi) is 5.27. The third-order valence-electron chi connectivity index (χ3n) is 4.01. The molecule has 3 aromatic rings. The number of fused-ring (bicyclic) bond motifs is 1. The Morgan fingerprint density at radius 2 is 2.00 bits per heavy atom. The molecule has 1 aliphatic heterocycles. The summed E-state index contributed by atoms with van der Waals surface area (Å²) in [7, 11) is 0. The van der Waals surface area contributed by atoms with Crippen LogP contribution in [0, 0.1) is 0 Å². The number of carbonyl (C=O) groups is 1. The van der Waals surface area contributed by atoms with E-state index >= 15 is 0 Å². The van der Waals surface area contributed by atoms with Gasteiger partial charge in [0.15, 0.2) is 11.5 Å². The van der Waals surface area contributed by atoms with Crippen LogP contribution in [0.5, 0.6) is 11.5 Å². The number of halogens is 1. The van der Waals surface area contributed by atoms with Gasteiger partial charge < -0.3 is 14.8 Å². The van der Waals surface area contributed by atoms with E-state index in [2.05, 4.69) is 10.3 Å². The number of aromatic nitrogens is 1. The van der Waals surface area contributed by atoms with Gasteiger partial charge in [0.2, 0.25) is 5.91 Å². The van der Waals surface area contributed by atoms with E-state index in [-0.39, 0.29) is 12.3 Å². The molecular weight excluding hydrogens is 384 g/mol. The van der Waals surface area contributed by atoms with Crippen LogP contribution >= 0.6 is 22.9 Å². The van der Waals surface area contributed by atoms with Gasteiger partial charge in [-0.1, -0.05) is 23.7 Å². The number of carbonyl (C=O) groups excluding carboxylic acids is 1. The molecule has 0 saturated carbocycles. The molecule has 0 unspecified atom stereocenters. The van der Waals surface area contributed by atoms with Crippen LogP contribution in [0.15, 0.2) is 47.8 Å². The molecule has 0 radical (unpaired) electrons. The van der Waals surface area contributed by atoms with Crippen LogP contribution in [0.2, 0.25) is 5.02 Å². The van der Waals surface area contributed by atoms with Crippen molar-refractivity contribution in [1.82, 2.24) is 4.98 Å². The Labute approximate surface area is 165 Å². The van der Waals surface area contributed by atoms with Gasteiger partial charge in [0.1, 0.15) is 13.2 Å². The van der Waals surface area contributed by atoms with E-state index in [9.17, 15) is 4.79 Å². The van der Waals surface area contributed by atoms with Crippen molar-refractivity contribution in [3.63, 3.8) is 0 Å². The summed E-state index contributed by atoms with van der Waals surface area (Å²) in [5.74, 6) is 1.23. The molecule has 2 aromatic carbocycles. The second-order valence-electron chi connectivity index (χ2n) is 6.12. The van der Waals surface area contributed by atoms with Gasteiger partial charge in [0, 0.05) is 28.6 Å².